The van der Waals surface area contributed by atoms with Gasteiger partial charge < -0.3 is 10.1 Å². The van der Waals surface area contributed by atoms with Crippen molar-refractivity contribution >= 4 is 23.2 Å². The number of carbonyl (C=O) groups is 1. The van der Waals surface area contributed by atoms with E-state index in [1.807, 2.05) is 14.0 Å². The van der Waals surface area contributed by atoms with Crippen LogP contribution in [0.2, 0.25) is 5.02 Å². The first-order chi connectivity index (χ1) is 19.9. The van der Waals surface area contributed by atoms with Gasteiger partial charge in [0.15, 0.2) is 0 Å². The van der Waals surface area contributed by atoms with E-state index in [9.17, 15) is 18.0 Å². The summed E-state index contributed by atoms with van der Waals surface area (Å²) in [4.78, 5) is 15.6. The Kier molecular flexibility index (Phi) is 8.04. The molecular weight excluding hydrogens is 571 g/mol. The number of hydrogen-bond acceptors (Lipinski definition) is 6. The Bertz CT molecular complexity index is 1620. The van der Waals surface area contributed by atoms with Crippen molar-refractivity contribution in [3.63, 3.8) is 0 Å². The summed E-state index contributed by atoms with van der Waals surface area (Å²) in [6.07, 6.45) is 0.639. The molecule has 9 nitrogen and oxygen atoms in total. The van der Waals surface area contributed by atoms with Crippen molar-refractivity contribution in [2.24, 2.45) is 7.05 Å². The highest BCUT2D eigenvalue weighted by Crippen LogP contribution is 2.40. The number of nitrogens with zero attached hydrogens (tertiary/aromatic N) is 6. The Morgan fingerprint density at radius 3 is 2.50 bits per heavy atom. The Morgan fingerprint density at radius 2 is 1.88 bits per heavy atom. The average molecular weight is 602 g/mol. The van der Waals surface area contributed by atoms with Crippen LogP contribution in [0.1, 0.15) is 53.9 Å². The Balaban J connectivity index is 1.47. The molecule has 5 rings (SSSR count). The average Bonchev–Trinajstić information content (AvgIpc) is 3.64. The lowest BCUT2D eigenvalue weighted by Gasteiger charge is -2.28. The number of hydrogen-bond donors (Lipinski definition) is 1. The highest BCUT2D eigenvalue weighted by molar-refractivity contribution is 6.32. The third kappa shape index (κ3) is 5.73. The fourth-order valence-electron chi connectivity index (χ4n) is 5.34. The summed E-state index contributed by atoms with van der Waals surface area (Å²) in [5, 5.41) is 15.5. The molecule has 1 amide bonds. The summed E-state index contributed by atoms with van der Waals surface area (Å²) in [7, 11) is 3.20. The molecule has 1 fully saturated rings. The number of benzene rings is 2. The highest BCUT2D eigenvalue weighted by atomic mass is 35.5. The van der Waals surface area contributed by atoms with Gasteiger partial charge in [-0.25, -0.2) is 4.68 Å². The zero-order valence-corrected chi connectivity index (χ0v) is 24.6. The molecular formula is C29H31ClF3N7O2. The highest BCUT2D eigenvalue weighted by Gasteiger charge is 2.34. The van der Waals surface area contributed by atoms with E-state index in [1.165, 1.54) is 30.0 Å². The maximum Gasteiger partial charge on any atom is 0.416 e. The number of nitrogens with one attached hydrogen (secondary N) is 1. The summed E-state index contributed by atoms with van der Waals surface area (Å²) in [5.74, 6) is -0.451. The molecule has 1 aliphatic heterocycles. The van der Waals surface area contributed by atoms with Gasteiger partial charge in [0.05, 0.1) is 41.5 Å². The Labute approximate surface area is 246 Å². The summed E-state index contributed by atoms with van der Waals surface area (Å²) in [6.45, 7) is 6.27. The number of aryl methyl sites for hydroxylation is 1. The predicted molar refractivity (Wildman–Crippen MR) is 153 cm³/mol. The molecule has 2 aromatic carbocycles. The van der Waals surface area contributed by atoms with E-state index < -0.39 is 17.6 Å². The molecule has 0 saturated carbocycles. The molecule has 42 heavy (non-hydrogen) atoms. The quantitative estimate of drug-likeness (QED) is 0.268. The zero-order valence-electron chi connectivity index (χ0n) is 23.8. The van der Waals surface area contributed by atoms with Gasteiger partial charge >= 0.3 is 6.18 Å². The summed E-state index contributed by atoms with van der Waals surface area (Å²) >= 11 is 6.44. The van der Waals surface area contributed by atoms with Crippen molar-refractivity contribution in [3.05, 3.63) is 70.1 Å². The smallest absolute Gasteiger partial charge is 0.416 e. The summed E-state index contributed by atoms with van der Waals surface area (Å²) in [6, 6.07) is 6.92. The van der Waals surface area contributed by atoms with Crippen LogP contribution in [0, 0.1) is 6.92 Å². The first kappa shape index (κ1) is 29.6. The van der Waals surface area contributed by atoms with Crippen LogP contribution in [0.5, 0.6) is 5.75 Å². The van der Waals surface area contributed by atoms with Crippen LogP contribution >= 0.6 is 11.6 Å². The second kappa shape index (κ2) is 11.4. The number of carbonyl (C=O) groups excluding carboxylic acids is 1. The van der Waals surface area contributed by atoms with E-state index in [-0.39, 0.29) is 35.6 Å². The monoisotopic (exact) mass is 601 g/mol. The summed E-state index contributed by atoms with van der Waals surface area (Å²) in [5.41, 5.74) is 2.19. The number of ether oxygens (including phenoxy) is 1. The number of methoxy groups -OCH3 is 1. The maximum atomic E-state index is 13.9. The minimum atomic E-state index is -4.62. The van der Waals surface area contributed by atoms with E-state index >= 15 is 0 Å². The number of likely N-dealkylation sites (tertiary alicyclic amines) is 1. The van der Waals surface area contributed by atoms with Gasteiger partial charge in [-0.05, 0) is 63.9 Å². The van der Waals surface area contributed by atoms with E-state index in [0.29, 0.717) is 22.0 Å². The largest absolute Gasteiger partial charge is 0.494 e. The number of rotatable bonds is 7. The van der Waals surface area contributed by atoms with Crippen LogP contribution in [0.3, 0.4) is 0 Å². The Hall–Kier alpha value is -3.90. The molecule has 222 valence electrons. The minimum Gasteiger partial charge on any atom is -0.494 e. The lowest BCUT2D eigenvalue weighted by atomic mass is 10.0. The first-order valence-electron chi connectivity index (χ1n) is 13.4. The van der Waals surface area contributed by atoms with Gasteiger partial charge in [-0.15, -0.1) is 5.10 Å². The second-order valence-electron chi connectivity index (χ2n) is 10.6. The molecule has 2 aromatic heterocycles. The standard InChI is InChI=1S/C29H31ClF3N7O2/c1-16-6-7-17(2)39(16)14-20-10-21(29(31,32)33)12-24(27(20)42-5)35-28(41)19-8-9-23(30)26(11-19)40-15-25(36-37-40)22-13-34-38(4)18(22)3/h8-13,15-17H,6-7,14H2,1-5H3,(H,35,41). The van der Waals surface area contributed by atoms with Gasteiger partial charge in [-0.2, -0.15) is 18.3 Å². The van der Waals surface area contributed by atoms with E-state index in [2.05, 4.69) is 39.5 Å². The van der Waals surface area contributed by atoms with Gasteiger partial charge in [0.2, 0.25) is 0 Å². The molecule has 13 heteroatoms. The van der Waals surface area contributed by atoms with Crippen molar-refractivity contribution in [1.29, 1.82) is 0 Å². The van der Waals surface area contributed by atoms with Gasteiger partial charge in [-0.1, -0.05) is 16.8 Å². The molecule has 4 aromatic rings. The summed E-state index contributed by atoms with van der Waals surface area (Å²) < 4.78 is 50.6. The van der Waals surface area contributed by atoms with Crippen molar-refractivity contribution in [2.75, 3.05) is 12.4 Å². The third-order valence-corrected chi connectivity index (χ3v) is 8.21. The van der Waals surface area contributed by atoms with E-state index in [0.717, 1.165) is 36.2 Å². The van der Waals surface area contributed by atoms with Gasteiger partial charge in [0.1, 0.15) is 11.4 Å². The lowest BCUT2D eigenvalue weighted by molar-refractivity contribution is -0.137. The first-order valence-corrected chi connectivity index (χ1v) is 13.8. The van der Waals surface area contributed by atoms with Crippen LogP contribution in [-0.4, -0.2) is 54.8 Å². The molecule has 1 N–H and O–H groups in total. The number of amides is 1. The molecule has 2 atom stereocenters. The lowest BCUT2D eigenvalue weighted by Crippen LogP contribution is -2.32. The van der Waals surface area contributed by atoms with Crippen molar-refractivity contribution in [2.45, 2.75) is 58.4 Å². The molecule has 0 bridgehead atoms. The van der Waals surface area contributed by atoms with E-state index in [1.54, 1.807) is 17.1 Å². The van der Waals surface area contributed by atoms with Crippen LogP contribution in [0.4, 0.5) is 18.9 Å². The van der Waals surface area contributed by atoms with Crippen LogP contribution < -0.4 is 10.1 Å². The molecule has 3 heterocycles. The normalized spacial score (nSPS) is 17.5. The predicted octanol–water partition coefficient (Wildman–Crippen LogP) is 6.28. The topological polar surface area (TPSA) is 90.1 Å². The third-order valence-electron chi connectivity index (χ3n) is 7.89. The number of halogens is 4. The Morgan fingerprint density at radius 1 is 1.17 bits per heavy atom. The molecule has 0 spiro atoms. The van der Waals surface area contributed by atoms with Crippen molar-refractivity contribution in [3.8, 4) is 22.7 Å². The minimum absolute atomic E-state index is 0.0709. The number of anilines is 1. The molecule has 1 aliphatic rings. The molecule has 0 aliphatic carbocycles. The van der Waals surface area contributed by atoms with Crippen molar-refractivity contribution < 1.29 is 22.7 Å². The molecule has 0 radical (unpaired) electrons. The van der Waals surface area contributed by atoms with Crippen LogP contribution in [0.25, 0.3) is 16.9 Å². The van der Waals surface area contributed by atoms with Crippen LogP contribution in [0.15, 0.2) is 42.7 Å². The fraction of sp³-hybridized carbons (Fsp3) is 0.379. The van der Waals surface area contributed by atoms with Gasteiger partial charge in [-0.3, -0.25) is 14.4 Å². The molecule has 2 unspecified atom stereocenters. The van der Waals surface area contributed by atoms with Crippen molar-refractivity contribution in [1.82, 2.24) is 29.7 Å². The molecule has 1 saturated heterocycles. The number of aromatic nitrogens is 5. The fourth-order valence-corrected chi connectivity index (χ4v) is 5.54. The van der Waals surface area contributed by atoms with Gasteiger partial charge in [0, 0.05) is 48.1 Å². The van der Waals surface area contributed by atoms with E-state index in [4.69, 9.17) is 16.3 Å². The maximum absolute atomic E-state index is 13.9. The zero-order chi connectivity index (χ0) is 30.3. The van der Waals surface area contributed by atoms with Crippen LogP contribution in [-0.2, 0) is 19.8 Å². The van der Waals surface area contributed by atoms with Gasteiger partial charge in [0.25, 0.3) is 5.91 Å². The number of alkyl halides is 3. The second-order valence-corrected chi connectivity index (χ2v) is 11.0. The SMILES string of the molecule is COc1c(CN2C(C)CCC2C)cc(C(F)(F)F)cc1NC(=O)c1ccc(Cl)c(-n2cc(-c3cnn(C)c3C)nn2)c1.